The van der Waals surface area contributed by atoms with E-state index in [4.69, 9.17) is 0 Å². The van der Waals surface area contributed by atoms with Crippen molar-refractivity contribution < 1.29 is 22.8 Å². The highest BCUT2D eigenvalue weighted by molar-refractivity contribution is 5.66. The average molecular weight is 487 g/mol. The standard InChI is InChI=1S/C24H24F3N5O3/c25-24(26,27)35-20-11-5-7-17(13-20)21-14-22(28-15-16-6-4-10-19(12-16)32(33)34)31-23(30-21)29-18-8-2-1-3-9-18/h4-7,10-14,18H,1-3,8-9,15H2,(H2,28,29,30,31). The van der Waals surface area contributed by atoms with Gasteiger partial charge in [0, 0.05) is 36.3 Å². The van der Waals surface area contributed by atoms with Crippen LogP contribution in [0.25, 0.3) is 11.3 Å². The summed E-state index contributed by atoms with van der Waals surface area (Å²) in [5.41, 5.74) is 1.50. The van der Waals surface area contributed by atoms with Crippen LogP contribution in [0.4, 0.5) is 30.6 Å². The third-order valence-electron chi connectivity index (χ3n) is 5.62. The first-order chi connectivity index (χ1) is 16.7. The topological polar surface area (TPSA) is 102 Å². The molecule has 0 spiro atoms. The van der Waals surface area contributed by atoms with Crippen LogP contribution >= 0.6 is 0 Å². The Morgan fingerprint density at radius 3 is 2.54 bits per heavy atom. The van der Waals surface area contributed by atoms with Gasteiger partial charge in [0.1, 0.15) is 11.6 Å². The summed E-state index contributed by atoms with van der Waals surface area (Å²) in [7, 11) is 0. The predicted octanol–water partition coefficient (Wildman–Crippen LogP) is 6.31. The molecule has 0 radical (unpaired) electrons. The van der Waals surface area contributed by atoms with Crippen molar-refractivity contribution in [3.63, 3.8) is 0 Å². The Morgan fingerprint density at radius 2 is 1.80 bits per heavy atom. The van der Waals surface area contributed by atoms with Crippen LogP contribution in [0.15, 0.2) is 54.6 Å². The molecule has 35 heavy (non-hydrogen) atoms. The lowest BCUT2D eigenvalue weighted by molar-refractivity contribution is -0.384. The molecule has 1 aliphatic carbocycles. The second kappa shape index (κ2) is 10.6. The molecule has 0 aliphatic heterocycles. The molecule has 1 aromatic heterocycles. The first-order valence-corrected chi connectivity index (χ1v) is 11.2. The largest absolute Gasteiger partial charge is 0.573 e. The van der Waals surface area contributed by atoms with Gasteiger partial charge in [-0.2, -0.15) is 4.98 Å². The van der Waals surface area contributed by atoms with E-state index in [2.05, 4.69) is 25.3 Å². The lowest BCUT2D eigenvalue weighted by atomic mass is 9.96. The Balaban J connectivity index is 1.61. The molecule has 1 fully saturated rings. The first-order valence-electron chi connectivity index (χ1n) is 11.2. The predicted molar refractivity (Wildman–Crippen MR) is 125 cm³/mol. The number of ether oxygens (including phenoxy) is 1. The number of benzene rings is 2. The van der Waals surface area contributed by atoms with Crippen molar-refractivity contribution in [2.24, 2.45) is 0 Å². The number of anilines is 2. The second-order valence-electron chi connectivity index (χ2n) is 8.30. The van der Waals surface area contributed by atoms with Crippen LogP contribution in [0.5, 0.6) is 5.75 Å². The maximum Gasteiger partial charge on any atom is 0.573 e. The summed E-state index contributed by atoms with van der Waals surface area (Å²) in [6.07, 6.45) is 0.556. The highest BCUT2D eigenvalue weighted by Gasteiger charge is 2.31. The van der Waals surface area contributed by atoms with Crippen molar-refractivity contribution in [1.29, 1.82) is 0 Å². The van der Waals surface area contributed by atoms with Gasteiger partial charge in [0.25, 0.3) is 5.69 Å². The summed E-state index contributed by atoms with van der Waals surface area (Å²) in [6, 6.07) is 13.7. The summed E-state index contributed by atoms with van der Waals surface area (Å²) in [4.78, 5) is 19.7. The molecule has 0 atom stereocenters. The van der Waals surface area contributed by atoms with Gasteiger partial charge < -0.3 is 15.4 Å². The lowest BCUT2D eigenvalue weighted by Crippen LogP contribution is -2.23. The quantitative estimate of drug-likeness (QED) is 0.284. The Kier molecular flexibility index (Phi) is 7.33. The minimum absolute atomic E-state index is 0.0196. The van der Waals surface area contributed by atoms with Gasteiger partial charge >= 0.3 is 6.36 Å². The molecular formula is C24H24F3N5O3. The molecule has 1 saturated carbocycles. The Labute approximate surface area is 199 Å². The number of nitro benzene ring substituents is 1. The number of halogens is 3. The van der Waals surface area contributed by atoms with Gasteiger partial charge in [0.2, 0.25) is 5.95 Å². The normalized spacial score (nSPS) is 14.4. The van der Waals surface area contributed by atoms with Crippen LogP contribution in [0.1, 0.15) is 37.7 Å². The molecule has 0 saturated heterocycles. The first kappa shape index (κ1) is 24.2. The Hall–Kier alpha value is -3.89. The monoisotopic (exact) mass is 487 g/mol. The van der Waals surface area contributed by atoms with E-state index in [9.17, 15) is 23.3 Å². The van der Waals surface area contributed by atoms with Gasteiger partial charge in [-0.1, -0.05) is 43.5 Å². The molecule has 11 heteroatoms. The van der Waals surface area contributed by atoms with E-state index in [-0.39, 0.29) is 24.0 Å². The van der Waals surface area contributed by atoms with Gasteiger partial charge in [-0.25, -0.2) is 4.98 Å². The van der Waals surface area contributed by atoms with E-state index in [1.165, 1.54) is 36.8 Å². The Morgan fingerprint density at radius 1 is 1.03 bits per heavy atom. The van der Waals surface area contributed by atoms with Gasteiger partial charge in [-0.3, -0.25) is 10.1 Å². The smallest absolute Gasteiger partial charge is 0.406 e. The van der Waals surface area contributed by atoms with Gasteiger partial charge in [-0.15, -0.1) is 13.2 Å². The average Bonchev–Trinajstić information content (AvgIpc) is 2.82. The van der Waals surface area contributed by atoms with Crippen molar-refractivity contribution in [3.05, 3.63) is 70.3 Å². The van der Waals surface area contributed by atoms with Crippen molar-refractivity contribution in [2.75, 3.05) is 10.6 Å². The van der Waals surface area contributed by atoms with Gasteiger partial charge in [-0.05, 0) is 30.5 Å². The molecule has 0 amide bonds. The molecule has 0 bridgehead atoms. The van der Waals surface area contributed by atoms with Crippen LogP contribution in [0.2, 0.25) is 0 Å². The molecule has 0 unspecified atom stereocenters. The summed E-state index contributed by atoms with van der Waals surface area (Å²) < 4.78 is 42.1. The molecule has 1 aliphatic rings. The molecule has 1 heterocycles. The maximum absolute atomic E-state index is 12.7. The third kappa shape index (κ3) is 7.05. The zero-order valence-corrected chi connectivity index (χ0v) is 18.7. The number of hydrogen-bond acceptors (Lipinski definition) is 7. The molecule has 4 rings (SSSR count). The SMILES string of the molecule is O=[N+]([O-])c1cccc(CNc2cc(-c3cccc(OC(F)(F)F)c3)nc(NC3CCCCC3)n2)c1. The number of nitrogens with zero attached hydrogens (tertiary/aromatic N) is 3. The Bertz CT molecular complexity index is 1180. The minimum Gasteiger partial charge on any atom is -0.406 e. The van der Waals surface area contributed by atoms with E-state index in [0.29, 0.717) is 28.6 Å². The van der Waals surface area contributed by atoms with E-state index in [0.717, 1.165) is 25.7 Å². The van der Waals surface area contributed by atoms with E-state index < -0.39 is 11.3 Å². The summed E-state index contributed by atoms with van der Waals surface area (Å²) in [5, 5.41) is 17.5. The minimum atomic E-state index is -4.80. The molecule has 2 N–H and O–H groups in total. The van der Waals surface area contributed by atoms with Crippen molar-refractivity contribution in [3.8, 4) is 17.0 Å². The second-order valence-corrected chi connectivity index (χ2v) is 8.30. The van der Waals surface area contributed by atoms with Crippen molar-refractivity contribution in [2.45, 2.75) is 51.1 Å². The zero-order chi connectivity index (χ0) is 24.8. The van der Waals surface area contributed by atoms with Crippen LogP contribution in [-0.2, 0) is 6.54 Å². The van der Waals surface area contributed by atoms with Crippen LogP contribution < -0.4 is 15.4 Å². The number of rotatable bonds is 8. The number of alkyl halides is 3. The maximum atomic E-state index is 12.7. The van der Waals surface area contributed by atoms with Crippen LogP contribution in [0.3, 0.4) is 0 Å². The van der Waals surface area contributed by atoms with E-state index in [1.54, 1.807) is 24.3 Å². The number of nitrogens with one attached hydrogen (secondary N) is 2. The van der Waals surface area contributed by atoms with Gasteiger partial charge in [0.05, 0.1) is 10.6 Å². The fraction of sp³-hybridized carbons (Fsp3) is 0.333. The van der Waals surface area contributed by atoms with Gasteiger partial charge in [0.15, 0.2) is 0 Å². The van der Waals surface area contributed by atoms with Crippen molar-refractivity contribution >= 4 is 17.5 Å². The molecule has 2 aromatic carbocycles. The number of hydrogen-bond donors (Lipinski definition) is 2. The molecule has 184 valence electrons. The molecule has 8 nitrogen and oxygen atoms in total. The summed E-state index contributed by atoms with van der Waals surface area (Å²) in [6.45, 7) is 0.262. The number of non-ortho nitro benzene ring substituents is 1. The summed E-state index contributed by atoms with van der Waals surface area (Å²) >= 11 is 0. The summed E-state index contributed by atoms with van der Waals surface area (Å²) in [5.74, 6) is 0.446. The van der Waals surface area contributed by atoms with Crippen LogP contribution in [0, 0.1) is 10.1 Å². The van der Waals surface area contributed by atoms with Crippen molar-refractivity contribution in [1.82, 2.24) is 9.97 Å². The zero-order valence-electron chi connectivity index (χ0n) is 18.7. The van der Waals surface area contributed by atoms with Crippen LogP contribution in [-0.4, -0.2) is 27.3 Å². The third-order valence-corrected chi connectivity index (χ3v) is 5.62. The fourth-order valence-corrected chi connectivity index (χ4v) is 4.00. The van der Waals surface area contributed by atoms with E-state index in [1.807, 2.05) is 0 Å². The molecule has 3 aromatic rings. The van der Waals surface area contributed by atoms with E-state index >= 15 is 0 Å². The number of nitro groups is 1. The fourth-order valence-electron chi connectivity index (χ4n) is 4.00. The molecular weight excluding hydrogens is 463 g/mol. The highest BCUT2D eigenvalue weighted by atomic mass is 19.4. The number of aromatic nitrogens is 2. The lowest BCUT2D eigenvalue weighted by Gasteiger charge is -2.23. The highest BCUT2D eigenvalue weighted by Crippen LogP contribution is 2.29.